The summed E-state index contributed by atoms with van der Waals surface area (Å²) in [6.45, 7) is 0. The summed E-state index contributed by atoms with van der Waals surface area (Å²) >= 11 is 0. The molecular formula is C8H4F3N3O2. The summed E-state index contributed by atoms with van der Waals surface area (Å²) in [5.41, 5.74) is -3.03. The molecule has 5 nitrogen and oxygen atoms in total. The van der Waals surface area contributed by atoms with Crippen LogP contribution in [0.2, 0.25) is 0 Å². The fourth-order valence-corrected chi connectivity index (χ4v) is 1.13. The molecule has 8 heteroatoms. The van der Waals surface area contributed by atoms with Gasteiger partial charge < -0.3 is 0 Å². The zero-order valence-electron chi connectivity index (χ0n) is 7.65. The summed E-state index contributed by atoms with van der Waals surface area (Å²) in [5, 5.41) is 18.8. The second-order valence-electron chi connectivity index (χ2n) is 2.74. The Kier molecular flexibility index (Phi) is 3.08. The minimum Gasteiger partial charge on any atom is -0.258 e. The highest BCUT2D eigenvalue weighted by Crippen LogP contribution is 2.36. The molecule has 0 radical (unpaired) electrons. The summed E-state index contributed by atoms with van der Waals surface area (Å²) in [4.78, 5) is 12.7. The lowest BCUT2D eigenvalue weighted by molar-refractivity contribution is -0.389. The number of hydrogen-bond acceptors (Lipinski definition) is 4. The van der Waals surface area contributed by atoms with Crippen LogP contribution in [-0.4, -0.2) is 9.91 Å². The zero-order valence-corrected chi connectivity index (χ0v) is 7.65. The van der Waals surface area contributed by atoms with Crippen LogP contribution in [-0.2, 0) is 12.6 Å². The summed E-state index contributed by atoms with van der Waals surface area (Å²) in [6.07, 6.45) is -4.59. The highest BCUT2D eigenvalue weighted by molar-refractivity contribution is 5.46. The first kappa shape index (κ1) is 11.9. The Bertz CT molecular complexity index is 465. The molecule has 0 spiro atoms. The molecule has 0 amide bonds. The van der Waals surface area contributed by atoms with Crippen molar-refractivity contribution in [3.05, 3.63) is 33.6 Å². The molecule has 1 rings (SSSR count). The number of nitriles is 1. The van der Waals surface area contributed by atoms with E-state index in [0.29, 0.717) is 6.07 Å². The van der Waals surface area contributed by atoms with Crippen molar-refractivity contribution < 1.29 is 18.1 Å². The maximum atomic E-state index is 12.4. The van der Waals surface area contributed by atoms with Gasteiger partial charge in [-0.05, 0) is 6.07 Å². The van der Waals surface area contributed by atoms with Crippen LogP contribution in [0.25, 0.3) is 0 Å². The van der Waals surface area contributed by atoms with Gasteiger partial charge in [0.2, 0.25) is 0 Å². The second kappa shape index (κ2) is 4.14. The molecule has 0 aliphatic rings. The Balaban J connectivity index is 3.46. The molecule has 1 heterocycles. The van der Waals surface area contributed by atoms with Crippen LogP contribution in [0.3, 0.4) is 0 Å². The number of pyridine rings is 1. The number of nitro groups is 1. The van der Waals surface area contributed by atoms with Crippen LogP contribution in [0.5, 0.6) is 0 Å². The highest BCUT2D eigenvalue weighted by atomic mass is 19.4. The van der Waals surface area contributed by atoms with E-state index in [4.69, 9.17) is 5.26 Å². The predicted octanol–water partition coefficient (Wildman–Crippen LogP) is 2.07. The summed E-state index contributed by atoms with van der Waals surface area (Å²) in [5.74, 6) is 0. The van der Waals surface area contributed by atoms with Crippen molar-refractivity contribution in [2.45, 2.75) is 12.6 Å². The summed E-state index contributed by atoms with van der Waals surface area (Å²) < 4.78 is 37.2. The Labute approximate surface area is 87.3 Å². The largest absolute Gasteiger partial charge is 0.423 e. The molecule has 0 atom stereocenters. The van der Waals surface area contributed by atoms with Crippen LogP contribution in [0.4, 0.5) is 18.9 Å². The Morgan fingerprint density at radius 3 is 2.62 bits per heavy atom. The molecule has 0 aromatic carbocycles. The van der Waals surface area contributed by atoms with E-state index in [1.54, 1.807) is 0 Å². The van der Waals surface area contributed by atoms with Crippen molar-refractivity contribution in [3.8, 4) is 6.07 Å². The molecule has 84 valence electrons. The Hall–Kier alpha value is -2.17. The van der Waals surface area contributed by atoms with Gasteiger partial charge in [0.1, 0.15) is 11.3 Å². The maximum absolute atomic E-state index is 12.4. The van der Waals surface area contributed by atoms with Gasteiger partial charge in [-0.1, -0.05) is 0 Å². The van der Waals surface area contributed by atoms with Gasteiger partial charge in [-0.15, -0.1) is 0 Å². The van der Waals surface area contributed by atoms with Crippen molar-refractivity contribution in [1.82, 2.24) is 4.98 Å². The number of hydrogen-bond donors (Lipinski definition) is 0. The molecule has 0 saturated carbocycles. The minimum absolute atomic E-state index is 0.484. The third kappa shape index (κ3) is 2.25. The molecule has 0 unspecified atom stereocenters. The second-order valence-corrected chi connectivity index (χ2v) is 2.74. The van der Waals surface area contributed by atoms with Gasteiger partial charge in [-0.2, -0.15) is 18.4 Å². The predicted molar refractivity (Wildman–Crippen MR) is 45.2 cm³/mol. The number of nitrogens with zero attached hydrogens (tertiary/aromatic N) is 3. The lowest BCUT2D eigenvalue weighted by Crippen LogP contribution is -2.11. The maximum Gasteiger partial charge on any atom is 0.423 e. The molecule has 0 fully saturated rings. The van der Waals surface area contributed by atoms with Crippen LogP contribution in [0.15, 0.2) is 12.3 Å². The minimum atomic E-state index is -4.84. The van der Waals surface area contributed by atoms with Crippen molar-refractivity contribution in [1.29, 1.82) is 5.26 Å². The van der Waals surface area contributed by atoms with Gasteiger partial charge in [-0.3, -0.25) is 15.1 Å². The fraction of sp³-hybridized carbons (Fsp3) is 0.250. The first-order chi connectivity index (χ1) is 7.38. The molecule has 0 saturated heterocycles. The van der Waals surface area contributed by atoms with E-state index in [2.05, 4.69) is 4.98 Å². The number of halogens is 3. The monoisotopic (exact) mass is 231 g/mol. The van der Waals surface area contributed by atoms with Crippen molar-refractivity contribution in [3.63, 3.8) is 0 Å². The van der Waals surface area contributed by atoms with E-state index in [-0.39, 0.29) is 0 Å². The van der Waals surface area contributed by atoms with Gasteiger partial charge in [0, 0.05) is 6.20 Å². The van der Waals surface area contributed by atoms with Gasteiger partial charge in [0.25, 0.3) is 0 Å². The molecule has 1 aromatic heterocycles. The van der Waals surface area contributed by atoms with Gasteiger partial charge >= 0.3 is 11.9 Å². The van der Waals surface area contributed by atoms with Crippen LogP contribution < -0.4 is 0 Å². The third-order valence-corrected chi connectivity index (χ3v) is 1.73. The standard InChI is InChI=1S/C8H4F3N3O2/c9-8(10,11)5-2-4-13-6(1-3-12)7(5)14(15)16/h2,4H,1H2. The molecule has 1 aromatic rings. The molecule has 16 heavy (non-hydrogen) atoms. The molecule has 0 bridgehead atoms. The third-order valence-electron chi connectivity index (χ3n) is 1.73. The quantitative estimate of drug-likeness (QED) is 0.576. The van der Waals surface area contributed by atoms with Crippen molar-refractivity contribution >= 4 is 5.69 Å². The van der Waals surface area contributed by atoms with E-state index < -0.39 is 34.5 Å². The zero-order chi connectivity index (χ0) is 12.3. The Morgan fingerprint density at radius 1 is 1.56 bits per heavy atom. The van der Waals surface area contributed by atoms with Gasteiger partial charge in [0.05, 0.1) is 17.4 Å². The van der Waals surface area contributed by atoms with Crippen LogP contribution >= 0.6 is 0 Å². The normalized spacial score (nSPS) is 10.9. The first-order valence-electron chi connectivity index (χ1n) is 3.94. The van der Waals surface area contributed by atoms with Crippen LogP contribution in [0, 0.1) is 21.4 Å². The smallest absolute Gasteiger partial charge is 0.258 e. The van der Waals surface area contributed by atoms with E-state index >= 15 is 0 Å². The van der Waals surface area contributed by atoms with E-state index in [1.165, 1.54) is 6.07 Å². The number of alkyl halides is 3. The first-order valence-corrected chi connectivity index (χ1v) is 3.94. The number of rotatable bonds is 2. The summed E-state index contributed by atoms with van der Waals surface area (Å²) in [7, 11) is 0. The fourth-order valence-electron chi connectivity index (χ4n) is 1.13. The van der Waals surface area contributed by atoms with Gasteiger partial charge in [0.15, 0.2) is 0 Å². The molecular weight excluding hydrogens is 227 g/mol. The molecule has 0 aliphatic heterocycles. The van der Waals surface area contributed by atoms with Gasteiger partial charge in [-0.25, -0.2) is 0 Å². The molecule has 0 aliphatic carbocycles. The topological polar surface area (TPSA) is 79.8 Å². The Morgan fingerprint density at radius 2 is 2.19 bits per heavy atom. The SMILES string of the molecule is N#CCc1nccc(C(F)(F)F)c1[N+](=O)[O-]. The van der Waals surface area contributed by atoms with E-state index in [0.717, 1.165) is 6.20 Å². The highest BCUT2D eigenvalue weighted by Gasteiger charge is 2.40. The number of aromatic nitrogens is 1. The lowest BCUT2D eigenvalue weighted by Gasteiger charge is -2.08. The van der Waals surface area contributed by atoms with Crippen molar-refractivity contribution in [2.24, 2.45) is 0 Å². The average Bonchev–Trinajstić information content (AvgIpc) is 2.16. The van der Waals surface area contributed by atoms with Crippen molar-refractivity contribution in [2.75, 3.05) is 0 Å². The summed E-state index contributed by atoms with van der Waals surface area (Å²) in [6, 6.07) is 2.04. The van der Waals surface area contributed by atoms with E-state index in [9.17, 15) is 23.3 Å². The van der Waals surface area contributed by atoms with Crippen LogP contribution in [0.1, 0.15) is 11.3 Å². The van der Waals surface area contributed by atoms with E-state index in [1.807, 2.05) is 0 Å². The average molecular weight is 231 g/mol. The lowest BCUT2D eigenvalue weighted by atomic mass is 10.1. The molecule has 0 N–H and O–H groups in total.